The molecule has 1 aromatic heterocycles. The minimum Gasteiger partial charge on any atom is -0.316 e. The lowest BCUT2D eigenvalue weighted by atomic mass is 9.79. The largest absolute Gasteiger partial charge is 0.329 e. The van der Waals surface area contributed by atoms with E-state index in [2.05, 4.69) is 15.6 Å². The maximum Gasteiger partial charge on any atom is 0.329 e. The summed E-state index contributed by atoms with van der Waals surface area (Å²) in [6, 6.07) is 1.34. The standard InChI is InChI=1S/C19H23FN4O2/c1-9-15(16-13-8-21-7-10(13)4-5-22-16)14(20)6-12-17(9)24(11-2-3-11)19(26)23-18(12)25/h6,10-11,13,16,21-22H,2-5,7-8H2,1H3,(H,23,25,26). The van der Waals surface area contributed by atoms with Gasteiger partial charge in [-0.15, -0.1) is 0 Å². The molecule has 2 saturated heterocycles. The summed E-state index contributed by atoms with van der Waals surface area (Å²) in [6.45, 7) is 4.55. The topological polar surface area (TPSA) is 78.9 Å². The quantitative estimate of drug-likeness (QED) is 0.757. The van der Waals surface area contributed by atoms with Crippen LogP contribution in [0.5, 0.6) is 0 Å². The second-order valence-electron chi connectivity index (χ2n) is 7.96. The van der Waals surface area contributed by atoms with Gasteiger partial charge in [-0.3, -0.25) is 14.3 Å². The zero-order valence-electron chi connectivity index (χ0n) is 14.8. The zero-order valence-corrected chi connectivity index (χ0v) is 14.8. The monoisotopic (exact) mass is 358 g/mol. The summed E-state index contributed by atoms with van der Waals surface area (Å²) < 4.78 is 16.8. The van der Waals surface area contributed by atoms with Crippen LogP contribution in [0.2, 0.25) is 0 Å². The first-order chi connectivity index (χ1) is 12.6. The minimum atomic E-state index is -0.507. The summed E-state index contributed by atoms with van der Waals surface area (Å²) >= 11 is 0. The molecule has 0 amide bonds. The lowest BCUT2D eigenvalue weighted by Gasteiger charge is -2.35. The Morgan fingerprint density at radius 2 is 2.00 bits per heavy atom. The van der Waals surface area contributed by atoms with Crippen molar-refractivity contribution in [1.29, 1.82) is 0 Å². The van der Waals surface area contributed by atoms with Gasteiger partial charge in [0.05, 0.1) is 10.9 Å². The number of nitrogens with one attached hydrogen (secondary N) is 3. The number of hydrogen-bond acceptors (Lipinski definition) is 4. The molecular weight excluding hydrogens is 335 g/mol. The van der Waals surface area contributed by atoms with Crippen LogP contribution in [0.15, 0.2) is 15.7 Å². The number of nitrogens with zero attached hydrogens (tertiary/aromatic N) is 1. The van der Waals surface area contributed by atoms with Gasteiger partial charge in [-0.1, -0.05) is 0 Å². The molecule has 26 heavy (non-hydrogen) atoms. The molecule has 0 bridgehead atoms. The first-order valence-corrected chi connectivity index (χ1v) is 9.48. The molecule has 3 unspecified atom stereocenters. The van der Waals surface area contributed by atoms with Crippen molar-refractivity contribution in [2.45, 2.75) is 38.3 Å². The fourth-order valence-corrected chi connectivity index (χ4v) is 5.01. The number of piperidine rings is 1. The molecule has 0 radical (unpaired) electrons. The Kier molecular flexibility index (Phi) is 3.59. The van der Waals surface area contributed by atoms with E-state index in [9.17, 15) is 9.59 Å². The van der Waals surface area contributed by atoms with E-state index >= 15 is 4.39 Å². The molecule has 0 spiro atoms. The number of fused-ring (bicyclic) bond motifs is 2. The summed E-state index contributed by atoms with van der Waals surface area (Å²) in [5.74, 6) is 0.518. The highest BCUT2D eigenvalue weighted by Crippen LogP contribution is 2.41. The number of rotatable bonds is 2. The highest BCUT2D eigenvalue weighted by atomic mass is 19.1. The minimum absolute atomic E-state index is 0.0878. The highest BCUT2D eigenvalue weighted by Gasteiger charge is 2.39. The Balaban J connectivity index is 1.77. The van der Waals surface area contributed by atoms with Crippen LogP contribution in [0.4, 0.5) is 4.39 Å². The molecule has 138 valence electrons. The molecule has 3 atom stereocenters. The summed E-state index contributed by atoms with van der Waals surface area (Å²) in [5.41, 5.74) is 1.05. The van der Waals surface area contributed by atoms with Crippen LogP contribution in [0.25, 0.3) is 10.9 Å². The Bertz CT molecular complexity index is 1010. The maximum atomic E-state index is 15.2. The Hall–Kier alpha value is -1.99. The summed E-state index contributed by atoms with van der Waals surface area (Å²) in [6.07, 6.45) is 2.93. The van der Waals surface area contributed by atoms with Crippen LogP contribution < -0.4 is 21.9 Å². The average molecular weight is 358 g/mol. The Labute approximate surface area is 149 Å². The fourth-order valence-electron chi connectivity index (χ4n) is 5.01. The normalized spacial score (nSPS) is 28.5. The second kappa shape index (κ2) is 5.76. The van der Waals surface area contributed by atoms with Crippen molar-refractivity contribution >= 4 is 10.9 Å². The van der Waals surface area contributed by atoms with Crippen LogP contribution in [-0.2, 0) is 0 Å². The van der Waals surface area contributed by atoms with Crippen molar-refractivity contribution in [2.24, 2.45) is 11.8 Å². The number of aromatic amines is 1. The smallest absolute Gasteiger partial charge is 0.316 e. The van der Waals surface area contributed by atoms with Gasteiger partial charge in [0.2, 0.25) is 0 Å². The molecule has 1 aromatic carbocycles. The van der Waals surface area contributed by atoms with Crippen molar-refractivity contribution in [3.8, 4) is 0 Å². The van der Waals surface area contributed by atoms with Crippen LogP contribution in [0, 0.1) is 24.6 Å². The first-order valence-electron chi connectivity index (χ1n) is 9.48. The van der Waals surface area contributed by atoms with Gasteiger partial charge >= 0.3 is 5.69 Å². The molecule has 2 aliphatic heterocycles. The van der Waals surface area contributed by atoms with E-state index in [0.29, 0.717) is 22.9 Å². The predicted molar refractivity (Wildman–Crippen MR) is 97.0 cm³/mol. The van der Waals surface area contributed by atoms with Gasteiger partial charge in [-0.25, -0.2) is 9.18 Å². The van der Waals surface area contributed by atoms with Crippen LogP contribution >= 0.6 is 0 Å². The Morgan fingerprint density at radius 1 is 1.19 bits per heavy atom. The first kappa shape index (κ1) is 16.2. The number of halogens is 1. The molecular formula is C19H23FN4O2. The van der Waals surface area contributed by atoms with Crippen molar-refractivity contribution in [3.05, 3.63) is 43.8 Å². The predicted octanol–water partition coefficient (Wildman–Crippen LogP) is 1.34. The van der Waals surface area contributed by atoms with E-state index in [0.717, 1.165) is 44.5 Å². The number of benzene rings is 1. The molecule has 2 aromatic rings. The van der Waals surface area contributed by atoms with Crippen molar-refractivity contribution < 1.29 is 4.39 Å². The third kappa shape index (κ3) is 2.30. The van der Waals surface area contributed by atoms with E-state index in [-0.39, 0.29) is 29.0 Å². The maximum absolute atomic E-state index is 15.2. The summed E-state index contributed by atoms with van der Waals surface area (Å²) in [5, 5.41) is 7.19. The van der Waals surface area contributed by atoms with Crippen LogP contribution in [-0.4, -0.2) is 29.2 Å². The van der Waals surface area contributed by atoms with Gasteiger partial charge in [0.1, 0.15) is 5.82 Å². The summed E-state index contributed by atoms with van der Waals surface area (Å²) in [7, 11) is 0. The third-order valence-electron chi connectivity index (χ3n) is 6.39. The lowest BCUT2D eigenvalue weighted by Crippen LogP contribution is -2.40. The number of aromatic nitrogens is 2. The molecule has 3 fully saturated rings. The highest BCUT2D eigenvalue weighted by molar-refractivity contribution is 5.83. The average Bonchev–Trinajstić information content (AvgIpc) is 3.31. The van der Waals surface area contributed by atoms with E-state index < -0.39 is 5.56 Å². The fraction of sp³-hybridized carbons (Fsp3) is 0.579. The molecule has 1 aliphatic carbocycles. The molecule has 5 rings (SSSR count). The van der Waals surface area contributed by atoms with Crippen molar-refractivity contribution in [3.63, 3.8) is 0 Å². The summed E-state index contributed by atoms with van der Waals surface area (Å²) in [4.78, 5) is 27.1. The van der Waals surface area contributed by atoms with Gasteiger partial charge in [0.25, 0.3) is 5.56 Å². The molecule has 7 heteroatoms. The van der Waals surface area contributed by atoms with Gasteiger partial charge in [-0.05, 0) is 62.7 Å². The second-order valence-corrected chi connectivity index (χ2v) is 7.96. The van der Waals surface area contributed by atoms with Crippen LogP contribution in [0.1, 0.15) is 42.5 Å². The molecule has 3 heterocycles. The Morgan fingerprint density at radius 3 is 2.77 bits per heavy atom. The molecule has 3 aliphatic rings. The van der Waals surface area contributed by atoms with E-state index in [1.54, 1.807) is 4.57 Å². The number of aryl methyl sites for hydroxylation is 1. The zero-order chi connectivity index (χ0) is 18.0. The van der Waals surface area contributed by atoms with Gasteiger partial charge in [0, 0.05) is 24.2 Å². The molecule has 1 saturated carbocycles. The van der Waals surface area contributed by atoms with Gasteiger partial charge in [0.15, 0.2) is 0 Å². The SMILES string of the molecule is Cc1c(C2NCCC3CNCC32)c(F)cc2c(=O)[nH]c(=O)n(C3CC3)c12. The molecule has 3 N–H and O–H groups in total. The number of hydrogen-bond donors (Lipinski definition) is 3. The third-order valence-corrected chi connectivity index (χ3v) is 6.39. The van der Waals surface area contributed by atoms with Gasteiger partial charge in [-0.2, -0.15) is 0 Å². The van der Waals surface area contributed by atoms with E-state index in [1.807, 2.05) is 6.92 Å². The van der Waals surface area contributed by atoms with E-state index in [1.165, 1.54) is 6.07 Å². The van der Waals surface area contributed by atoms with Crippen molar-refractivity contribution in [1.82, 2.24) is 20.2 Å². The van der Waals surface area contributed by atoms with Crippen molar-refractivity contribution in [2.75, 3.05) is 19.6 Å². The van der Waals surface area contributed by atoms with Gasteiger partial charge < -0.3 is 10.6 Å². The lowest BCUT2D eigenvalue weighted by molar-refractivity contribution is 0.236. The number of H-pyrrole nitrogens is 1. The molecule has 6 nitrogen and oxygen atoms in total. The van der Waals surface area contributed by atoms with Crippen LogP contribution in [0.3, 0.4) is 0 Å². The van der Waals surface area contributed by atoms with E-state index in [4.69, 9.17) is 0 Å².